The first-order valence-electron chi connectivity index (χ1n) is 5.38. The number of hydrogen-bond acceptors (Lipinski definition) is 4. The Labute approximate surface area is 91.6 Å². The van der Waals surface area contributed by atoms with E-state index in [2.05, 4.69) is 29.5 Å². The summed E-state index contributed by atoms with van der Waals surface area (Å²) in [5.74, 6) is 0.924. The quantitative estimate of drug-likeness (QED) is 0.721. The highest BCUT2D eigenvalue weighted by Crippen LogP contribution is 2.11. The SMILES string of the molecule is Cc1noc(C)c1CNCCCN(C)C. The average molecular weight is 211 g/mol. The molecule has 0 amide bonds. The largest absolute Gasteiger partial charge is 0.361 e. The highest BCUT2D eigenvalue weighted by atomic mass is 16.5. The summed E-state index contributed by atoms with van der Waals surface area (Å²) in [6, 6.07) is 0. The van der Waals surface area contributed by atoms with E-state index in [-0.39, 0.29) is 0 Å². The molecular weight excluding hydrogens is 190 g/mol. The maximum atomic E-state index is 5.09. The normalized spacial score (nSPS) is 11.3. The molecule has 0 bridgehead atoms. The molecule has 86 valence electrons. The van der Waals surface area contributed by atoms with E-state index in [1.54, 1.807) is 0 Å². The zero-order chi connectivity index (χ0) is 11.3. The van der Waals surface area contributed by atoms with Crippen molar-refractivity contribution < 1.29 is 4.52 Å². The van der Waals surface area contributed by atoms with Gasteiger partial charge in [-0.15, -0.1) is 0 Å². The molecular formula is C11H21N3O. The summed E-state index contributed by atoms with van der Waals surface area (Å²) in [6.07, 6.45) is 1.16. The first kappa shape index (κ1) is 12.2. The summed E-state index contributed by atoms with van der Waals surface area (Å²) in [7, 11) is 4.18. The molecule has 0 aliphatic heterocycles. The maximum absolute atomic E-state index is 5.09. The second-order valence-corrected chi connectivity index (χ2v) is 4.14. The lowest BCUT2D eigenvalue weighted by Gasteiger charge is -2.09. The fraction of sp³-hybridized carbons (Fsp3) is 0.727. The van der Waals surface area contributed by atoms with Crippen molar-refractivity contribution in [1.29, 1.82) is 0 Å². The lowest BCUT2D eigenvalue weighted by atomic mass is 10.2. The van der Waals surface area contributed by atoms with Gasteiger partial charge in [0.05, 0.1) is 5.69 Å². The molecule has 1 heterocycles. The fourth-order valence-electron chi connectivity index (χ4n) is 1.49. The molecule has 1 aromatic heterocycles. The van der Waals surface area contributed by atoms with E-state index >= 15 is 0 Å². The molecule has 0 aromatic carbocycles. The lowest BCUT2D eigenvalue weighted by Crippen LogP contribution is -2.21. The van der Waals surface area contributed by atoms with Crippen molar-refractivity contribution in [1.82, 2.24) is 15.4 Å². The van der Waals surface area contributed by atoms with E-state index in [0.29, 0.717) is 0 Å². The van der Waals surface area contributed by atoms with Gasteiger partial charge in [0.15, 0.2) is 0 Å². The maximum Gasteiger partial charge on any atom is 0.138 e. The summed E-state index contributed by atoms with van der Waals surface area (Å²) in [6.45, 7) is 6.94. The minimum Gasteiger partial charge on any atom is -0.361 e. The molecule has 0 unspecified atom stereocenters. The summed E-state index contributed by atoms with van der Waals surface area (Å²) in [4.78, 5) is 2.19. The fourth-order valence-corrected chi connectivity index (χ4v) is 1.49. The van der Waals surface area contributed by atoms with E-state index < -0.39 is 0 Å². The molecule has 0 fully saturated rings. The Morgan fingerprint density at radius 1 is 1.33 bits per heavy atom. The first-order chi connectivity index (χ1) is 7.11. The van der Waals surface area contributed by atoms with Crippen molar-refractivity contribution in [2.45, 2.75) is 26.8 Å². The second-order valence-electron chi connectivity index (χ2n) is 4.14. The van der Waals surface area contributed by atoms with E-state index in [9.17, 15) is 0 Å². The van der Waals surface area contributed by atoms with E-state index in [1.807, 2.05) is 13.8 Å². The van der Waals surface area contributed by atoms with Gasteiger partial charge in [0, 0.05) is 12.1 Å². The Kier molecular flexibility index (Phi) is 4.78. The van der Waals surface area contributed by atoms with Crippen molar-refractivity contribution in [3.05, 3.63) is 17.0 Å². The zero-order valence-corrected chi connectivity index (χ0v) is 10.1. The number of rotatable bonds is 6. The van der Waals surface area contributed by atoms with Crippen LogP contribution >= 0.6 is 0 Å². The molecule has 15 heavy (non-hydrogen) atoms. The Morgan fingerprint density at radius 2 is 2.07 bits per heavy atom. The molecule has 0 aliphatic rings. The third kappa shape index (κ3) is 4.01. The van der Waals surface area contributed by atoms with Gasteiger partial charge in [-0.25, -0.2) is 0 Å². The Morgan fingerprint density at radius 3 is 2.60 bits per heavy atom. The number of nitrogens with one attached hydrogen (secondary N) is 1. The van der Waals surface area contributed by atoms with Crippen LogP contribution in [0.2, 0.25) is 0 Å². The number of hydrogen-bond donors (Lipinski definition) is 1. The summed E-state index contributed by atoms with van der Waals surface area (Å²) in [5.41, 5.74) is 2.19. The van der Waals surface area contributed by atoms with Crippen LogP contribution in [-0.2, 0) is 6.54 Å². The van der Waals surface area contributed by atoms with Gasteiger partial charge in [0.25, 0.3) is 0 Å². The van der Waals surface area contributed by atoms with Crippen molar-refractivity contribution in [2.75, 3.05) is 27.2 Å². The van der Waals surface area contributed by atoms with Gasteiger partial charge in [-0.2, -0.15) is 0 Å². The van der Waals surface area contributed by atoms with Crippen LogP contribution in [0.1, 0.15) is 23.4 Å². The number of aryl methyl sites for hydroxylation is 2. The van der Waals surface area contributed by atoms with Crippen molar-refractivity contribution >= 4 is 0 Å². The molecule has 0 saturated carbocycles. The minimum absolute atomic E-state index is 0.856. The molecule has 0 aliphatic carbocycles. The van der Waals surface area contributed by atoms with Crippen molar-refractivity contribution in [2.24, 2.45) is 0 Å². The van der Waals surface area contributed by atoms with Crippen LogP contribution in [0, 0.1) is 13.8 Å². The Hall–Kier alpha value is -0.870. The molecule has 4 nitrogen and oxygen atoms in total. The molecule has 1 N–H and O–H groups in total. The van der Waals surface area contributed by atoms with Gasteiger partial charge in [-0.05, 0) is 47.5 Å². The third-order valence-electron chi connectivity index (χ3n) is 2.44. The molecule has 1 rings (SSSR count). The van der Waals surface area contributed by atoms with Gasteiger partial charge in [0.2, 0.25) is 0 Å². The van der Waals surface area contributed by atoms with Crippen LogP contribution in [0.15, 0.2) is 4.52 Å². The summed E-state index contributed by atoms with van der Waals surface area (Å²) >= 11 is 0. The highest BCUT2D eigenvalue weighted by Gasteiger charge is 2.07. The topological polar surface area (TPSA) is 41.3 Å². The Bertz CT molecular complexity index is 275. The summed E-state index contributed by atoms with van der Waals surface area (Å²) in [5, 5.41) is 7.32. The van der Waals surface area contributed by atoms with Crippen LogP contribution in [0.4, 0.5) is 0 Å². The zero-order valence-electron chi connectivity index (χ0n) is 10.1. The molecule has 1 aromatic rings. The van der Waals surface area contributed by atoms with E-state index in [1.165, 1.54) is 5.56 Å². The highest BCUT2D eigenvalue weighted by molar-refractivity contribution is 5.20. The van der Waals surface area contributed by atoms with Gasteiger partial charge in [-0.3, -0.25) is 0 Å². The smallest absolute Gasteiger partial charge is 0.138 e. The molecule has 0 radical (unpaired) electrons. The van der Waals surface area contributed by atoms with Crippen molar-refractivity contribution in [3.8, 4) is 0 Å². The first-order valence-corrected chi connectivity index (χ1v) is 5.38. The monoisotopic (exact) mass is 211 g/mol. The predicted octanol–water partition coefficient (Wildman–Crippen LogP) is 1.33. The van der Waals surface area contributed by atoms with Crippen LogP contribution in [0.25, 0.3) is 0 Å². The van der Waals surface area contributed by atoms with Gasteiger partial charge in [0.1, 0.15) is 5.76 Å². The summed E-state index contributed by atoms with van der Waals surface area (Å²) < 4.78 is 5.09. The predicted molar refractivity (Wildman–Crippen MR) is 60.9 cm³/mol. The molecule has 0 spiro atoms. The van der Waals surface area contributed by atoms with Crippen LogP contribution < -0.4 is 5.32 Å². The molecule has 0 saturated heterocycles. The molecule has 0 atom stereocenters. The van der Waals surface area contributed by atoms with E-state index in [4.69, 9.17) is 4.52 Å². The van der Waals surface area contributed by atoms with Gasteiger partial charge >= 0.3 is 0 Å². The standard InChI is InChI=1S/C11H21N3O/c1-9-11(10(2)15-13-9)8-12-6-5-7-14(3)4/h12H,5-8H2,1-4H3. The van der Waals surface area contributed by atoms with Crippen LogP contribution in [0.3, 0.4) is 0 Å². The number of aromatic nitrogens is 1. The van der Waals surface area contributed by atoms with E-state index in [0.717, 1.165) is 37.5 Å². The number of nitrogens with zero attached hydrogens (tertiary/aromatic N) is 2. The minimum atomic E-state index is 0.856. The second kappa shape index (κ2) is 5.88. The lowest BCUT2D eigenvalue weighted by molar-refractivity contribution is 0.389. The van der Waals surface area contributed by atoms with Gasteiger partial charge in [-0.1, -0.05) is 5.16 Å². The Balaban J connectivity index is 2.20. The van der Waals surface area contributed by atoms with Crippen molar-refractivity contribution in [3.63, 3.8) is 0 Å². The van der Waals surface area contributed by atoms with Crippen LogP contribution in [0.5, 0.6) is 0 Å². The third-order valence-corrected chi connectivity index (χ3v) is 2.44. The van der Waals surface area contributed by atoms with Gasteiger partial charge < -0.3 is 14.7 Å². The molecule has 4 heteroatoms. The van der Waals surface area contributed by atoms with Crippen LogP contribution in [-0.4, -0.2) is 37.2 Å². The average Bonchev–Trinajstić information content (AvgIpc) is 2.47.